The molecule has 0 radical (unpaired) electrons. The van der Waals surface area contributed by atoms with E-state index in [9.17, 15) is 0 Å². The zero-order valence-electron chi connectivity index (χ0n) is 12.5. The summed E-state index contributed by atoms with van der Waals surface area (Å²) in [6.45, 7) is 1.82. The Labute approximate surface area is 126 Å². The Kier molecular flexibility index (Phi) is 3.48. The summed E-state index contributed by atoms with van der Waals surface area (Å²) in [5.74, 6) is 1.93. The molecule has 2 fully saturated rings. The standard InChI is InChI=1S/C18H24N2O/c19-12-16(18-11-14-6-2-4-8-17(14)21-18)20-10-9-13-5-1-3-7-15(13)20/h2,4,6,8,11,13,15-16H,1,3,5,7,9-10,12,19H2. The van der Waals surface area contributed by atoms with Crippen LogP contribution in [0.2, 0.25) is 0 Å². The van der Waals surface area contributed by atoms with Crippen LogP contribution in [-0.2, 0) is 0 Å². The van der Waals surface area contributed by atoms with Crippen molar-refractivity contribution < 1.29 is 4.42 Å². The molecule has 1 saturated heterocycles. The van der Waals surface area contributed by atoms with Crippen molar-refractivity contribution in [2.45, 2.75) is 44.2 Å². The molecule has 3 nitrogen and oxygen atoms in total. The molecule has 112 valence electrons. The molecule has 0 bridgehead atoms. The first-order valence-corrected chi connectivity index (χ1v) is 8.31. The molecule has 0 amide bonds. The highest BCUT2D eigenvalue weighted by Crippen LogP contribution is 2.41. The predicted molar refractivity (Wildman–Crippen MR) is 85.1 cm³/mol. The van der Waals surface area contributed by atoms with Gasteiger partial charge in [-0.3, -0.25) is 4.90 Å². The summed E-state index contributed by atoms with van der Waals surface area (Å²) in [6.07, 6.45) is 6.85. The normalized spacial score (nSPS) is 27.9. The summed E-state index contributed by atoms with van der Waals surface area (Å²) in [5.41, 5.74) is 7.10. The topological polar surface area (TPSA) is 42.4 Å². The van der Waals surface area contributed by atoms with E-state index in [0.29, 0.717) is 6.54 Å². The third kappa shape index (κ3) is 2.29. The van der Waals surface area contributed by atoms with Crippen LogP contribution in [0.5, 0.6) is 0 Å². The van der Waals surface area contributed by atoms with Crippen molar-refractivity contribution in [3.8, 4) is 0 Å². The van der Waals surface area contributed by atoms with Crippen LogP contribution in [0.3, 0.4) is 0 Å². The molecule has 1 saturated carbocycles. The lowest BCUT2D eigenvalue weighted by molar-refractivity contribution is 0.123. The molecule has 1 aromatic heterocycles. The Morgan fingerprint density at radius 1 is 1.19 bits per heavy atom. The lowest BCUT2D eigenvalue weighted by Crippen LogP contribution is -2.40. The molecule has 1 aliphatic heterocycles. The highest BCUT2D eigenvalue weighted by Gasteiger charge is 2.39. The fourth-order valence-corrected chi connectivity index (χ4v) is 4.41. The Balaban J connectivity index is 1.64. The van der Waals surface area contributed by atoms with E-state index in [4.69, 9.17) is 10.2 Å². The van der Waals surface area contributed by atoms with Crippen molar-refractivity contribution in [2.75, 3.05) is 13.1 Å². The fraction of sp³-hybridized carbons (Fsp3) is 0.556. The van der Waals surface area contributed by atoms with E-state index in [1.165, 1.54) is 44.0 Å². The van der Waals surface area contributed by atoms with E-state index in [1.807, 2.05) is 12.1 Å². The third-order valence-corrected chi connectivity index (χ3v) is 5.45. The van der Waals surface area contributed by atoms with Crippen LogP contribution in [-0.4, -0.2) is 24.0 Å². The number of hydrogen-bond acceptors (Lipinski definition) is 3. The fourth-order valence-electron chi connectivity index (χ4n) is 4.41. The number of rotatable bonds is 3. The summed E-state index contributed by atoms with van der Waals surface area (Å²) in [5, 5.41) is 1.19. The van der Waals surface area contributed by atoms with Gasteiger partial charge in [0.15, 0.2) is 0 Å². The smallest absolute Gasteiger partial charge is 0.134 e. The van der Waals surface area contributed by atoms with Crippen LogP contribution in [0.1, 0.15) is 43.9 Å². The van der Waals surface area contributed by atoms with Crippen LogP contribution in [0.15, 0.2) is 34.7 Å². The van der Waals surface area contributed by atoms with Gasteiger partial charge in [-0.1, -0.05) is 31.0 Å². The van der Waals surface area contributed by atoms with Crippen molar-refractivity contribution in [3.63, 3.8) is 0 Å². The first-order chi connectivity index (χ1) is 10.4. The van der Waals surface area contributed by atoms with E-state index in [-0.39, 0.29) is 6.04 Å². The van der Waals surface area contributed by atoms with Gasteiger partial charge in [0.25, 0.3) is 0 Å². The van der Waals surface area contributed by atoms with Crippen LogP contribution in [0.25, 0.3) is 11.0 Å². The Morgan fingerprint density at radius 2 is 2.05 bits per heavy atom. The number of para-hydroxylation sites is 1. The first-order valence-electron chi connectivity index (χ1n) is 8.31. The number of fused-ring (bicyclic) bond motifs is 2. The lowest BCUT2D eigenvalue weighted by atomic mass is 9.85. The quantitative estimate of drug-likeness (QED) is 0.934. The summed E-state index contributed by atoms with van der Waals surface area (Å²) in [7, 11) is 0. The number of likely N-dealkylation sites (tertiary alicyclic amines) is 1. The van der Waals surface area contributed by atoms with Gasteiger partial charge in [0.05, 0.1) is 6.04 Å². The Morgan fingerprint density at radius 3 is 2.90 bits per heavy atom. The molecule has 21 heavy (non-hydrogen) atoms. The minimum Gasteiger partial charge on any atom is -0.459 e. The predicted octanol–water partition coefficient (Wildman–Crippen LogP) is 3.70. The van der Waals surface area contributed by atoms with Crippen LogP contribution in [0, 0.1) is 5.92 Å². The Hall–Kier alpha value is -1.32. The van der Waals surface area contributed by atoms with E-state index >= 15 is 0 Å². The molecule has 2 aromatic rings. The summed E-state index contributed by atoms with van der Waals surface area (Å²) in [4.78, 5) is 2.63. The molecule has 2 heterocycles. The maximum atomic E-state index is 6.13. The van der Waals surface area contributed by atoms with Crippen molar-refractivity contribution in [3.05, 3.63) is 36.1 Å². The molecule has 0 spiro atoms. The second kappa shape index (κ2) is 5.47. The van der Waals surface area contributed by atoms with Gasteiger partial charge in [0.2, 0.25) is 0 Å². The molecule has 4 rings (SSSR count). The largest absolute Gasteiger partial charge is 0.459 e. The third-order valence-electron chi connectivity index (χ3n) is 5.45. The molecular formula is C18H24N2O. The van der Waals surface area contributed by atoms with Crippen LogP contribution in [0.4, 0.5) is 0 Å². The molecular weight excluding hydrogens is 260 g/mol. The van der Waals surface area contributed by atoms with E-state index in [0.717, 1.165) is 23.3 Å². The monoisotopic (exact) mass is 284 g/mol. The van der Waals surface area contributed by atoms with Crippen molar-refractivity contribution >= 4 is 11.0 Å². The van der Waals surface area contributed by atoms with Crippen LogP contribution >= 0.6 is 0 Å². The average molecular weight is 284 g/mol. The molecule has 1 aliphatic carbocycles. The van der Waals surface area contributed by atoms with Crippen LogP contribution < -0.4 is 5.73 Å². The van der Waals surface area contributed by atoms with Gasteiger partial charge in [-0.2, -0.15) is 0 Å². The van der Waals surface area contributed by atoms with E-state index < -0.39 is 0 Å². The van der Waals surface area contributed by atoms with Gasteiger partial charge >= 0.3 is 0 Å². The second-order valence-corrected chi connectivity index (χ2v) is 6.58. The summed E-state index contributed by atoms with van der Waals surface area (Å²) >= 11 is 0. The molecule has 3 atom stereocenters. The SMILES string of the molecule is NCC(c1cc2ccccc2o1)N1CCC2CCCCC21. The van der Waals surface area contributed by atoms with Gasteiger partial charge in [0, 0.05) is 18.0 Å². The van der Waals surface area contributed by atoms with Gasteiger partial charge < -0.3 is 10.2 Å². The van der Waals surface area contributed by atoms with Gasteiger partial charge in [-0.25, -0.2) is 0 Å². The van der Waals surface area contributed by atoms with Crippen molar-refractivity contribution in [1.82, 2.24) is 4.90 Å². The molecule has 3 heteroatoms. The minimum atomic E-state index is 0.241. The highest BCUT2D eigenvalue weighted by atomic mass is 16.3. The number of furan rings is 1. The van der Waals surface area contributed by atoms with Gasteiger partial charge in [-0.05, 0) is 43.9 Å². The number of hydrogen-bond donors (Lipinski definition) is 1. The lowest BCUT2D eigenvalue weighted by Gasteiger charge is -2.35. The van der Waals surface area contributed by atoms with Gasteiger partial charge in [0.1, 0.15) is 11.3 Å². The molecule has 3 unspecified atom stereocenters. The minimum absolute atomic E-state index is 0.241. The van der Waals surface area contributed by atoms with Crippen molar-refractivity contribution in [1.29, 1.82) is 0 Å². The maximum Gasteiger partial charge on any atom is 0.134 e. The van der Waals surface area contributed by atoms with E-state index in [1.54, 1.807) is 0 Å². The molecule has 2 aliphatic rings. The first kappa shape index (κ1) is 13.4. The van der Waals surface area contributed by atoms with Gasteiger partial charge in [-0.15, -0.1) is 0 Å². The average Bonchev–Trinajstić information content (AvgIpc) is 3.13. The van der Waals surface area contributed by atoms with E-state index in [2.05, 4.69) is 23.1 Å². The maximum absolute atomic E-state index is 6.13. The zero-order chi connectivity index (χ0) is 14.2. The number of benzene rings is 1. The summed E-state index contributed by atoms with van der Waals surface area (Å²) < 4.78 is 6.09. The van der Waals surface area contributed by atoms with Crippen molar-refractivity contribution in [2.24, 2.45) is 11.7 Å². The zero-order valence-corrected chi connectivity index (χ0v) is 12.5. The Bertz CT molecular complexity index is 587. The second-order valence-electron chi connectivity index (χ2n) is 6.58. The highest BCUT2D eigenvalue weighted by molar-refractivity contribution is 5.77. The summed E-state index contributed by atoms with van der Waals surface area (Å²) in [6, 6.07) is 11.4. The molecule has 1 aromatic carbocycles. The number of nitrogens with two attached hydrogens (primary N) is 1. The number of nitrogens with zero attached hydrogens (tertiary/aromatic N) is 1. The molecule has 2 N–H and O–H groups in total.